The molecule has 4 heteroatoms. The Hall–Kier alpha value is -0.610. The van der Waals surface area contributed by atoms with Gasteiger partial charge >= 0.3 is 5.97 Å². The highest BCUT2D eigenvalue weighted by atomic mass is 16.5. The zero-order valence-corrected chi connectivity index (χ0v) is 10.3. The fourth-order valence-electron chi connectivity index (χ4n) is 2.22. The number of hydrogen-bond donors (Lipinski definition) is 1. The molecule has 94 valence electrons. The minimum atomic E-state index is -0.0437. The Kier molecular flexibility index (Phi) is 6.42. The van der Waals surface area contributed by atoms with Crippen molar-refractivity contribution in [1.29, 1.82) is 0 Å². The first-order valence-corrected chi connectivity index (χ1v) is 6.08. The van der Waals surface area contributed by atoms with Crippen molar-refractivity contribution < 1.29 is 14.3 Å². The lowest BCUT2D eigenvalue weighted by atomic mass is 9.86. The van der Waals surface area contributed by atoms with Crippen LogP contribution in [0.4, 0.5) is 0 Å². The molecule has 1 saturated carbocycles. The molecule has 0 bridgehead atoms. The molecular weight excluding hydrogens is 206 g/mol. The van der Waals surface area contributed by atoms with E-state index < -0.39 is 0 Å². The van der Waals surface area contributed by atoms with Crippen LogP contribution in [0.5, 0.6) is 0 Å². The molecule has 16 heavy (non-hydrogen) atoms. The maximum Gasteiger partial charge on any atom is 0.308 e. The van der Waals surface area contributed by atoms with E-state index in [9.17, 15) is 4.79 Å². The van der Waals surface area contributed by atoms with Crippen LogP contribution in [0.1, 0.15) is 32.1 Å². The Morgan fingerprint density at radius 2 is 1.94 bits per heavy atom. The summed E-state index contributed by atoms with van der Waals surface area (Å²) in [6.07, 6.45) is 5.11. The average molecular weight is 229 g/mol. The van der Waals surface area contributed by atoms with Crippen LogP contribution in [0.3, 0.4) is 0 Å². The third-order valence-corrected chi connectivity index (χ3v) is 3.22. The minimum absolute atomic E-state index is 0.0437. The van der Waals surface area contributed by atoms with Gasteiger partial charge in [0, 0.05) is 19.8 Å². The number of rotatable bonds is 6. The van der Waals surface area contributed by atoms with Gasteiger partial charge in [0.15, 0.2) is 0 Å². The maximum atomic E-state index is 11.3. The average Bonchev–Trinajstić information content (AvgIpc) is 2.34. The molecule has 0 atom stereocenters. The van der Waals surface area contributed by atoms with E-state index in [1.165, 1.54) is 7.11 Å². The smallest absolute Gasteiger partial charge is 0.308 e. The van der Waals surface area contributed by atoms with Crippen molar-refractivity contribution in [3.05, 3.63) is 0 Å². The summed E-state index contributed by atoms with van der Waals surface area (Å²) in [7, 11) is 3.19. The molecule has 4 nitrogen and oxygen atoms in total. The molecule has 0 heterocycles. The Morgan fingerprint density at radius 3 is 2.50 bits per heavy atom. The SMILES string of the molecule is COCCCNC1CCC(C(=O)OC)CC1. The van der Waals surface area contributed by atoms with Crippen LogP contribution in [-0.2, 0) is 14.3 Å². The van der Waals surface area contributed by atoms with Gasteiger partial charge in [-0.3, -0.25) is 4.79 Å². The van der Waals surface area contributed by atoms with Gasteiger partial charge in [-0.15, -0.1) is 0 Å². The minimum Gasteiger partial charge on any atom is -0.469 e. The van der Waals surface area contributed by atoms with Crippen LogP contribution in [0.2, 0.25) is 0 Å². The number of ether oxygens (including phenoxy) is 2. The summed E-state index contributed by atoms with van der Waals surface area (Å²) in [5.74, 6) is 0.0832. The van der Waals surface area contributed by atoms with Gasteiger partial charge < -0.3 is 14.8 Å². The van der Waals surface area contributed by atoms with E-state index in [0.29, 0.717) is 6.04 Å². The normalized spacial score (nSPS) is 25.4. The number of nitrogens with one attached hydrogen (secondary N) is 1. The van der Waals surface area contributed by atoms with Crippen LogP contribution in [0.25, 0.3) is 0 Å². The third kappa shape index (κ3) is 4.49. The predicted molar refractivity (Wildman–Crippen MR) is 62.3 cm³/mol. The molecule has 1 aliphatic rings. The Bertz CT molecular complexity index is 200. The van der Waals surface area contributed by atoms with Crippen molar-refractivity contribution in [2.24, 2.45) is 5.92 Å². The maximum absolute atomic E-state index is 11.3. The Labute approximate surface area is 97.7 Å². The molecule has 0 aromatic heterocycles. The van der Waals surface area contributed by atoms with Crippen molar-refractivity contribution >= 4 is 5.97 Å². The molecule has 1 rings (SSSR count). The van der Waals surface area contributed by atoms with E-state index in [1.807, 2.05) is 0 Å². The Balaban J connectivity index is 2.10. The number of carbonyl (C=O) groups is 1. The van der Waals surface area contributed by atoms with E-state index in [2.05, 4.69) is 5.32 Å². The van der Waals surface area contributed by atoms with Crippen molar-refractivity contribution in [2.45, 2.75) is 38.1 Å². The van der Waals surface area contributed by atoms with E-state index in [0.717, 1.165) is 45.3 Å². The molecule has 0 aromatic carbocycles. The summed E-state index contributed by atoms with van der Waals surface area (Å²) in [5.41, 5.74) is 0. The summed E-state index contributed by atoms with van der Waals surface area (Å²) in [5, 5.41) is 3.50. The van der Waals surface area contributed by atoms with Gasteiger partial charge in [0.05, 0.1) is 13.0 Å². The quantitative estimate of drug-likeness (QED) is 0.551. The van der Waals surface area contributed by atoms with Crippen LogP contribution < -0.4 is 5.32 Å². The molecule has 0 aliphatic heterocycles. The molecule has 1 N–H and O–H groups in total. The van der Waals surface area contributed by atoms with Gasteiger partial charge in [-0.05, 0) is 38.6 Å². The summed E-state index contributed by atoms with van der Waals surface area (Å²) in [6.45, 7) is 1.81. The predicted octanol–water partition coefficient (Wildman–Crippen LogP) is 1.34. The van der Waals surface area contributed by atoms with Crippen molar-refractivity contribution in [1.82, 2.24) is 5.32 Å². The van der Waals surface area contributed by atoms with Gasteiger partial charge in [0.1, 0.15) is 0 Å². The molecule has 0 unspecified atom stereocenters. The molecule has 1 aliphatic carbocycles. The summed E-state index contributed by atoms with van der Waals surface area (Å²) < 4.78 is 9.76. The second kappa shape index (κ2) is 7.63. The molecule has 0 amide bonds. The topological polar surface area (TPSA) is 47.6 Å². The monoisotopic (exact) mass is 229 g/mol. The number of methoxy groups -OCH3 is 2. The highest BCUT2D eigenvalue weighted by Crippen LogP contribution is 2.25. The third-order valence-electron chi connectivity index (χ3n) is 3.22. The molecule has 0 spiro atoms. The van der Waals surface area contributed by atoms with Gasteiger partial charge in [-0.25, -0.2) is 0 Å². The number of esters is 1. The summed E-state index contributed by atoms with van der Waals surface area (Å²) >= 11 is 0. The lowest BCUT2D eigenvalue weighted by molar-refractivity contribution is -0.146. The van der Waals surface area contributed by atoms with Crippen LogP contribution in [0, 0.1) is 5.92 Å². The fraction of sp³-hybridized carbons (Fsp3) is 0.917. The number of hydrogen-bond acceptors (Lipinski definition) is 4. The largest absolute Gasteiger partial charge is 0.469 e. The molecule has 1 fully saturated rings. The van der Waals surface area contributed by atoms with Crippen molar-refractivity contribution in [2.75, 3.05) is 27.4 Å². The first kappa shape index (κ1) is 13.5. The molecular formula is C12H23NO3. The van der Waals surface area contributed by atoms with E-state index in [-0.39, 0.29) is 11.9 Å². The van der Waals surface area contributed by atoms with Crippen molar-refractivity contribution in [3.63, 3.8) is 0 Å². The van der Waals surface area contributed by atoms with Gasteiger partial charge in [-0.2, -0.15) is 0 Å². The second-order valence-corrected chi connectivity index (χ2v) is 4.37. The van der Waals surface area contributed by atoms with Gasteiger partial charge in [0.2, 0.25) is 0 Å². The van der Waals surface area contributed by atoms with Crippen LogP contribution in [-0.4, -0.2) is 39.4 Å². The lowest BCUT2D eigenvalue weighted by Gasteiger charge is -2.27. The zero-order valence-electron chi connectivity index (χ0n) is 10.3. The van der Waals surface area contributed by atoms with E-state index in [4.69, 9.17) is 9.47 Å². The molecule has 0 saturated heterocycles. The van der Waals surface area contributed by atoms with Crippen LogP contribution >= 0.6 is 0 Å². The molecule has 0 aromatic rings. The fourth-order valence-corrected chi connectivity index (χ4v) is 2.22. The number of carbonyl (C=O) groups excluding carboxylic acids is 1. The lowest BCUT2D eigenvalue weighted by Crippen LogP contribution is -2.36. The summed E-state index contributed by atoms with van der Waals surface area (Å²) in [6, 6.07) is 0.567. The van der Waals surface area contributed by atoms with Gasteiger partial charge in [0.25, 0.3) is 0 Å². The Morgan fingerprint density at radius 1 is 1.25 bits per heavy atom. The highest BCUT2D eigenvalue weighted by Gasteiger charge is 2.26. The van der Waals surface area contributed by atoms with Crippen LogP contribution in [0.15, 0.2) is 0 Å². The standard InChI is InChI=1S/C12H23NO3/c1-15-9-3-8-13-11-6-4-10(5-7-11)12(14)16-2/h10-11,13H,3-9H2,1-2H3. The zero-order chi connectivity index (χ0) is 11.8. The first-order chi connectivity index (χ1) is 7.77. The van der Waals surface area contributed by atoms with E-state index in [1.54, 1.807) is 7.11 Å². The molecule has 0 radical (unpaired) electrons. The van der Waals surface area contributed by atoms with Gasteiger partial charge in [-0.1, -0.05) is 0 Å². The van der Waals surface area contributed by atoms with E-state index >= 15 is 0 Å². The highest BCUT2D eigenvalue weighted by molar-refractivity contribution is 5.72. The van der Waals surface area contributed by atoms with Crippen molar-refractivity contribution in [3.8, 4) is 0 Å². The first-order valence-electron chi connectivity index (χ1n) is 6.08. The second-order valence-electron chi connectivity index (χ2n) is 4.37. The summed E-state index contributed by atoms with van der Waals surface area (Å²) in [4.78, 5) is 11.3.